The highest BCUT2D eigenvalue weighted by atomic mass is 16.7. The zero-order valence-corrected chi connectivity index (χ0v) is 14.8. The molecule has 1 fully saturated rings. The van der Waals surface area contributed by atoms with Crippen molar-refractivity contribution in [2.45, 2.75) is 38.9 Å². The van der Waals surface area contributed by atoms with Gasteiger partial charge in [0.05, 0.1) is 11.2 Å². The maximum absolute atomic E-state index is 6.05. The highest BCUT2D eigenvalue weighted by Gasteiger charge is 2.50. The summed E-state index contributed by atoms with van der Waals surface area (Å²) in [5.41, 5.74) is 1.53. The molecule has 1 aliphatic heterocycles. The van der Waals surface area contributed by atoms with Crippen LogP contribution in [0.5, 0.6) is 0 Å². The summed E-state index contributed by atoms with van der Waals surface area (Å²) < 4.78 is 12.1. The van der Waals surface area contributed by atoms with Crippen LogP contribution in [0.1, 0.15) is 27.7 Å². The van der Waals surface area contributed by atoms with Crippen molar-refractivity contribution in [2.75, 3.05) is 4.90 Å². The molecule has 0 aromatic heterocycles. The van der Waals surface area contributed by atoms with E-state index < -0.39 is 0 Å². The van der Waals surface area contributed by atoms with Gasteiger partial charge in [0.1, 0.15) is 0 Å². The molecular weight excluding hydrogens is 297 g/mol. The quantitative estimate of drug-likeness (QED) is 0.742. The standard InChI is InChI=1S/C20H24BNO2/c1-19(2)20(3,4)24-21(23-19)15-16-22(17-11-7-5-8-12-17)18-13-9-6-10-14-18/h5-16H,1-4H3/b16-15+. The van der Waals surface area contributed by atoms with Gasteiger partial charge in [-0.15, -0.1) is 0 Å². The number of nitrogens with zero attached hydrogens (tertiary/aromatic N) is 1. The number of para-hydroxylation sites is 2. The minimum absolute atomic E-state index is 0.327. The Morgan fingerprint density at radius 1 is 0.750 bits per heavy atom. The summed E-state index contributed by atoms with van der Waals surface area (Å²) in [6.45, 7) is 8.25. The van der Waals surface area contributed by atoms with Gasteiger partial charge in [0.15, 0.2) is 0 Å². The van der Waals surface area contributed by atoms with Crippen LogP contribution in [0, 0.1) is 0 Å². The van der Waals surface area contributed by atoms with Gasteiger partial charge in [-0.1, -0.05) is 36.4 Å². The van der Waals surface area contributed by atoms with E-state index in [-0.39, 0.29) is 18.3 Å². The highest BCUT2D eigenvalue weighted by Crippen LogP contribution is 2.37. The maximum atomic E-state index is 6.05. The molecule has 0 N–H and O–H groups in total. The van der Waals surface area contributed by atoms with E-state index in [0.29, 0.717) is 0 Å². The summed E-state index contributed by atoms with van der Waals surface area (Å²) in [5, 5.41) is 0. The molecule has 2 aromatic carbocycles. The molecule has 124 valence electrons. The average Bonchev–Trinajstić information content (AvgIpc) is 2.77. The van der Waals surface area contributed by atoms with E-state index in [1.807, 2.05) is 48.6 Å². The predicted octanol–water partition coefficient (Wildman–Crippen LogP) is 4.97. The lowest BCUT2D eigenvalue weighted by atomic mass is 9.90. The van der Waals surface area contributed by atoms with Crippen LogP contribution in [0.4, 0.5) is 11.4 Å². The van der Waals surface area contributed by atoms with E-state index in [1.165, 1.54) is 0 Å². The van der Waals surface area contributed by atoms with E-state index >= 15 is 0 Å². The highest BCUT2D eigenvalue weighted by molar-refractivity contribution is 6.51. The molecule has 3 nitrogen and oxygen atoms in total. The van der Waals surface area contributed by atoms with Crippen LogP contribution in [0.2, 0.25) is 0 Å². The minimum Gasteiger partial charge on any atom is -0.400 e. The van der Waals surface area contributed by atoms with Crippen LogP contribution >= 0.6 is 0 Å². The second kappa shape index (κ2) is 6.46. The molecule has 0 aliphatic carbocycles. The summed E-state index contributed by atoms with van der Waals surface area (Å²) >= 11 is 0. The van der Waals surface area contributed by atoms with Crippen molar-refractivity contribution >= 4 is 18.5 Å². The van der Waals surface area contributed by atoms with Crippen molar-refractivity contribution < 1.29 is 9.31 Å². The van der Waals surface area contributed by atoms with Crippen LogP contribution < -0.4 is 4.90 Å². The Labute approximate surface area is 145 Å². The Kier molecular flexibility index (Phi) is 4.53. The molecule has 24 heavy (non-hydrogen) atoms. The monoisotopic (exact) mass is 321 g/mol. The molecule has 0 saturated carbocycles. The fraction of sp³-hybridized carbons (Fsp3) is 0.300. The largest absolute Gasteiger partial charge is 0.488 e. The molecule has 0 spiro atoms. The van der Waals surface area contributed by atoms with E-state index in [4.69, 9.17) is 9.31 Å². The molecule has 1 saturated heterocycles. The summed E-state index contributed by atoms with van der Waals surface area (Å²) in [5.74, 6) is 1.97. The van der Waals surface area contributed by atoms with Crippen molar-refractivity contribution in [3.05, 3.63) is 72.8 Å². The number of hydrogen-bond donors (Lipinski definition) is 0. The SMILES string of the molecule is CC1(C)OB(/C=C/N(c2ccccc2)c2ccccc2)OC1(C)C. The van der Waals surface area contributed by atoms with Gasteiger partial charge in [-0.3, -0.25) is 0 Å². The van der Waals surface area contributed by atoms with Gasteiger partial charge < -0.3 is 14.2 Å². The third kappa shape index (κ3) is 3.40. The van der Waals surface area contributed by atoms with Gasteiger partial charge in [-0.05, 0) is 57.9 Å². The number of hydrogen-bond acceptors (Lipinski definition) is 3. The Morgan fingerprint density at radius 2 is 1.17 bits per heavy atom. The smallest absolute Gasteiger partial charge is 0.400 e. The molecule has 0 bridgehead atoms. The Morgan fingerprint density at radius 3 is 1.58 bits per heavy atom. The van der Waals surface area contributed by atoms with Crippen LogP contribution in [0.15, 0.2) is 72.8 Å². The fourth-order valence-corrected chi connectivity index (χ4v) is 2.62. The molecule has 3 rings (SSSR count). The molecule has 1 aliphatic rings. The minimum atomic E-state index is -0.357. The molecule has 0 unspecified atom stereocenters. The van der Waals surface area contributed by atoms with Gasteiger partial charge in [-0.2, -0.15) is 0 Å². The first-order chi connectivity index (χ1) is 11.4. The van der Waals surface area contributed by atoms with Crippen LogP contribution in [0.3, 0.4) is 0 Å². The zero-order chi connectivity index (χ0) is 17.2. The number of rotatable bonds is 4. The first kappa shape index (κ1) is 16.8. The third-order valence-electron chi connectivity index (χ3n) is 4.73. The summed E-state index contributed by atoms with van der Waals surface area (Å²) in [4.78, 5) is 2.13. The van der Waals surface area contributed by atoms with Crippen molar-refractivity contribution in [1.82, 2.24) is 0 Å². The van der Waals surface area contributed by atoms with E-state index in [2.05, 4.69) is 56.9 Å². The van der Waals surface area contributed by atoms with Crippen molar-refractivity contribution in [2.24, 2.45) is 0 Å². The second-order valence-electron chi connectivity index (χ2n) is 7.01. The second-order valence-corrected chi connectivity index (χ2v) is 7.01. The molecular formula is C20H24BNO2. The fourth-order valence-electron chi connectivity index (χ4n) is 2.62. The number of anilines is 2. The topological polar surface area (TPSA) is 21.7 Å². The average molecular weight is 321 g/mol. The lowest BCUT2D eigenvalue weighted by Gasteiger charge is -2.32. The van der Waals surface area contributed by atoms with Gasteiger partial charge in [0.25, 0.3) is 0 Å². The number of benzene rings is 2. The third-order valence-corrected chi connectivity index (χ3v) is 4.73. The Hall–Kier alpha value is -2.04. The first-order valence-corrected chi connectivity index (χ1v) is 8.32. The van der Waals surface area contributed by atoms with Gasteiger partial charge >= 0.3 is 7.12 Å². The van der Waals surface area contributed by atoms with Crippen LogP contribution in [-0.2, 0) is 9.31 Å². The molecule has 1 heterocycles. The van der Waals surface area contributed by atoms with E-state index in [1.54, 1.807) is 0 Å². The van der Waals surface area contributed by atoms with Crippen molar-refractivity contribution in [3.8, 4) is 0 Å². The summed E-state index contributed by atoms with van der Waals surface area (Å²) in [6.07, 6.45) is 2.02. The van der Waals surface area contributed by atoms with Crippen LogP contribution in [-0.4, -0.2) is 18.3 Å². The normalized spacial score (nSPS) is 18.9. The van der Waals surface area contributed by atoms with Crippen LogP contribution in [0.25, 0.3) is 0 Å². The lowest BCUT2D eigenvalue weighted by Crippen LogP contribution is -2.41. The molecule has 2 aromatic rings. The molecule has 0 atom stereocenters. The molecule has 0 radical (unpaired) electrons. The summed E-state index contributed by atoms with van der Waals surface area (Å²) in [6, 6.07) is 20.5. The first-order valence-electron chi connectivity index (χ1n) is 8.32. The van der Waals surface area contributed by atoms with E-state index in [9.17, 15) is 0 Å². The zero-order valence-electron chi connectivity index (χ0n) is 14.8. The lowest BCUT2D eigenvalue weighted by molar-refractivity contribution is 0.00578. The predicted molar refractivity (Wildman–Crippen MR) is 100 cm³/mol. The Balaban J connectivity index is 1.86. The molecule has 4 heteroatoms. The molecule has 0 amide bonds. The van der Waals surface area contributed by atoms with Gasteiger partial charge in [-0.25, -0.2) is 0 Å². The van der Waals surface area contributed by atoms with Crippen molar-refractivity contribution in [1.29, 1.82) is 0 Å². The summed E-state index contributed by atoms with van der Waals surface area (Å²) in [7, 11) is -0.357. The van der Waals surface area contributed by atoms with Gasteiger partial charge in [0.2, 0.25) is 0 Å². The Bertz CT molecular complexity index is 643. The van der Waals surface area contributed by atoms with Gasteiger partial charge in [0, 0.05) is 17.6 Å². The van der Waals surface area contributed by atoms with Crippen molar-refractivity contribution in [3.63, 3.8) is 0 Å². The van der Waals surface area contributed by atoms with E-state index in [0.717, 1.165) is 11.4 Å². The maximum Gasteiger partial charge on any atom is 0.488 e.